The molecule has 4 nitrogen and oxygen atoms in total. The van der Waals surface area contributed by atoms with Gasteiger partial charge in [-0.05, 0) is 48.9 Å². The molecule has 2 aromatic carbocycles. The molecule has 0 saturated carbocycles. The van der Waals surface area contributed by atoms with Gasteiger partial charge in [-0.1, -0.05) is 36.4 Å². The second-order valence-corrected chi connectivity index (χ2v) is 7.86. The van der Waals surface area contributed by atoms with Gasteiger partial charge in [-0.2, -0.15) is 0 Å². The van der Waals surface area contributed by atoms with E-state index in [1.54, 1.807) is 0 Å². The Morgan fingerprint density at radius 3 is 2.38 bits per heavy atom. The first-order valence-corrected chi connectivity index (χ1v) is 9.68. The van der Waals surface area contributed by atoms with E-state index in [0.717, 1.165) is 42.8 Å². The topological polar surface area (TPSA) is 55.3 Å². The third kappa shape index (κ3) is 3.04. The summed E-state index contributed by atoms with van der Waals surface area (Å²) >= 11 is 0. The van der Waals surface area contributed by atoms with Crippen LogP contribution in [0.25, 0.3) is 11.1 Å². The number of rotatable bonds is 4. The average Bonchev–Trinajstić information content (AvgIpc) is 3.14. The number of hydrogen-bond acceptors (Lipinski definition) is 4. The summed E-state index contributed by atoms with van der Waals surface area (Å²) in [6, 6.07) is 18.6. The molecule has 2 aliphatic heterocycles. The number of nitrogens with zero attached hydrogens (tertiary/aromatic N) is 2. The van der Waals surface area contributed by atoms with Gasteiger partial charge in [0, 0.05) is 31.1 Å². The number of oxazole rings is 1. The fourth-order valence-corrected chi connectivity index (χ4v) is 4.72. The van der Waals surface area contributed by atoms with Crippen molar-refractivity contribution in [1.29, 1.82) is 0 Å². The summed E-state index contributed by atoms with van der Waals surface area (Å²) in [6.07, 6.45) is 5.68. The van der Waals surface area contributed by atoms with Crippen LogP contribution in [0, 0.1) is 0 Å². The van der Waals surface area contributed by atoms with Gasteiger partial charge in [0.25, 0.3) is 0 Å². The Morgan fingerprint density at radius 1 is 0.962 bits per heavy atom. The number of hydrogen-bond donors (Lipinski definition) is 1. The van der Waals surface area contributed by atoms with Crippen LogP contribution in [0.5, 0.6) is 0 Å². The maximum Gasteiger partial charge on any atom is 0.199 e. The molecule has 2 atom stereocenters. The Hall–Kier alpha value is -2.17. The van der Waals surface area contributed by atoms with Crippen LogP contribution in [0.1, 0.15) is 42.7 Å². The molecule has 0 radical (unpaired) electrons. The average molecular weight is 347 g/mol. The van der Waals surface area contributed by atoms with Crippen LogP contribution < -0.4 is 5.73 Å². The van der Waals surface area contributed by atoms with E-state index in [-0.39, 0.29) is 0 Å². The molecule has 5 rings (SSSR count). The lowest BCUT2D eigenvalue weighted by molar-refractivity contribution is 0.120. The van der Waals surface area contributed by atoms with Gasteiger partial charge in [0.15, 0.2) is 11.5 Å². The van der Waals surface area contributed by atoms with Crippen molar-refractivity contribution in [3.05, 3.63) is 65.5 Å². The summed E-state index contributed by atoms with van der Waals surface area (Å²) in [5, 5.41) is 0. The second kappa shape index (κ2) is 6.53. The van der Waals surface area contributed by atoms with Crippen LogP contribution in [0.3, 0.4) is 0 Å². The van der Waals surface area contributed by atoms with E-state index in [2.05, 4.69) is 34.1 Å². The molecule has 3 heterocycles. The number of benzene rings is 2. The predicted octanol–water partition coefficient (Wildman–Crippen LogP) is 3.87. The molecule has 4 heteroatoms. The quantitative estimate of drug-likeness (QED) is 0.778. The normalized spacial score (nSPS) is 25.8. The highest BCUT2D eigenvalue weighted by Crippen LogP contribution is 2.36. The third-order valence-corrected chi connectivity index (χ3v) is 6.00. The molecule has 1 aromatic heterocycles. The summed E-state index contributed by atoms with van der Waals surface area (Å²) in [5.74, 6) is 0.780. The second-order valence-electron chi connectivity index (χ2n) is 7.86. The number of nitrogens with two attached hydrogens (primary N) is 1. The molecule has 0 spiro atoms. The van der Waals surface area contributed by atoms with Crippen LogP contribution in [-0.4, -0.2) is 28.0 Å². The minimum Gasteiger partial charge on any atom is -0.440 e. The molecular weight excluding hydrogens is 322 g/mol. The first-order chi connectivity index (χ1) is 12.7. The zero-order valence-corrected chi connectivity index (χ0v) is 15.0. The van der Waals surface area contributed by atoms with E-state index in [9.17, 15) is 0 Å². The van der Waals surface area contributed by atoms with Gasteiger partial charge < -0.3 is 10.2 Å². The summed E-state index contributed by atoms with van der Waals surface area (Å²) in [4.78, 5) is 7.25. The molecule has 26 heavy (non-hydrogen) atoms. The van der Waals surface area contributed by atoms with Gasteiger partial charge in [-0.15, -0.1) is 0 Å². The molecule has 134 valence electrons. The van der Waals surface area contributed by atoms with Crippen molar-refractivity contribution in [3.63, 3.8) is 0 Å². The highest BCUT2D eigenvalue weighted by atomic mass is 16.3. The van der Waals surface area contributed by atoms with Crippen LogP contribution in [-0.2, 0) is 13.0 Å². The van der Waals surface area contributed by atoms with Gasteiger partial charge in [0.2, 0.25) is 0 Å². The minimum atomic E-state index is 0.405. The Bertz CT molecular complexity index is 854. The van der Waals surface area contributed by atoms with E-state index in [1.807, 2.05) is 24.3 Å². The lowest BCUT2D eigenvalue weighted by atomic mass is 9.97. The molecule has 3 aromatic rings. The van der Waals surface area contributed by atoms with Crippen molar-refractivity contribution in [2.75, 3.05) is 0 Å². The largest absolute Gasteiger partial charge is 0.440 e. The molecule has 2 N–H and O–H groups in total. The van der Waals surface area contributed by atoms with Crippen molar-refractivity contribution in [1.82, 2.24) is 9.88 Å². The number of piperidine rings is 1. The smallest absolute Gasteiger partial charge is 0.199 e. The van der Waals surface area contributed by atoms with E-state index < -0.39 is 0 Å². The molecule has 2 bridgehead atoms. The summed E-state index contributed by atoms with van der Waals surface area (Å²) in [6.45, 7) is 1.05. The standard InChI is InChI=1S/C22H25N3O/c23-17-12-18-9-10-19(13-17)25(18)14-16-7-5-15(6-8-16)11-22-24-20-3-1-2-4-21(20)26-22/h1-8,17-19H,9-14,23H2. The SMILES string of the molecule is NC1CC2CCC(C1)N2Cc1ccc(Cc2nc3ccccc3o2)cc1. The van der Waals surface area contributed by atoms with E-state index in [1.165, 1.54) is 24.0 Å². The van der Waals surface area contributed by atoms with E-state index in [0.29, 0.717) is 18.1 Å². The van der Waals surface area contributed by atoms with Crippen LogP contribution in [0.4, 0.5) is 0 Å². The molecule has 0 aliphatic carbocycles. The number of aromatic nitrogens is 1. The molecule has 2 unspecified atom stereocenters. The lowest BCUT2D eigenvalue weighted by Crippen LogP contribution is -2.46. The van der Waals surface area contributed by atoms with Crippen molar-refractivity contribution >= 4 is 11.1 Å². The Balaban J connectivity index is 1.27. The van der Waals surface area contributed by atoms with Gasteiger partial charge in [0.05, 0.1) is 0 Å². The van der Waals surface area contributed by atoms with Crippen LogP contribution >= 0.6 is 0 Å². The Labute approximate surface area is 154 Å². The highest BCUT2D eigenvalue weighted by Gasteiger charge is 2.39. The first-order valence-electron chi connectivity index (χ1n) is 9.68. The van der Waals surface area contributed by atoms with E-state index >= 15 is 0 Å². The van der Waals surface area contributed by atoms with E-state index in [4.69, 9.17) is 10.2 Å². The third-order valence-electron chi connectivity index (χ3n) is 6.00. The molecule has 0 amide bonds. The van der Waals surface area contributed by atoms with Crippen molar-refractivity contribution < 1.29 is 4.42 Å². The predicted molar refractivity (Wildman–Crippen MR) is 103 cm³/mol. The zero-order valence-electron chi connectivity index (χ0n) is 15.0. The summed E-state index contributed by atoms with van der Waals surface area (Å²) in [7, 11) is 0. The molecule has 2 fully saturated rings. The number of para-hydroxylation sites is 2. The molecule has 2 saturated heterocycles. The fraction of sp³-hybridized carbons (Fsp3) is 0.409. The van der Waals surface area contributed by atoms with Crippen molar-refractivity contribution in [2.45, 2.75) is 56.8 Å². The van der Waals surface area contributed by atoms with Crippen LogP contribution in [0.15, 0.2) is 52.9 Å². The van der Waals surface area contributed by atoms with Crippen molar-refractivity contribution in [3.8, 4) is 0 Å². The zero-order chi connectivity index (χ0) is 17.5. The maximum atomic E-state index is 6.19. The van der Waals surface area contributed by atoms with Crippen molar-refractivity contribution in [2.24, 2.45) is 5.73 Å². The lowest BCUT2D eigenvalue weighted by Gasteiger charge is -2.37. The van der Waals surface area contributed by atoms with Gasteiger partial charge in [-0.3, -0.25) is 4.90 Å². The maximum absolute atomic E-state index is 6.19. The van der Waals surface area contributed by atoms with Gasteiger partial charge >= 0.3 is 0 Å². The Morgan fingerprint density at radius 2 is 1.65 bits per heavy atom. The monoisotopic (exact) mass is 347 g/mol. The Kier molecular flexibility index (Phi) is 4.03. The fourth-order valence-electron chi connectivity index (χ4n) is 4.72. The number of fused-ring (bicyclic) bond motifs is 3. The first kappa shape index (κ1) is 16.0. The minimum absolute atomic E-state index is 0.405. The van der Waals surface area contributed by atoms with Gasteiger partial charge in [-0.25, -0.2) is 4.98 Å². The summed E-state index contributed by atoms with van der Waals surface area (Å²) < 4.78 is 5.84. The molecule has 2 aliphatic rings. The summed E-state index contributed by atoms with van der Waals surface area (Å²) in [5.41, 5.74) is 10.6. The molecular formula is C22H25N3O. The van der Waals surface area contributed by atoms with Gasteiger partial charge in [0.1, 0.15) is 5.52 Å². The highest BCUT2D eigenvalue weighted by molar-refractivity contribution is 5.72. The van der Waals surface area contributed by atoms with Crippen LogP contribution in [0.2, 0.25) is 0 Å².